The van der Waals surface area contributed by atoms with Crippen LogP contribution in [0.5, 0.6) is 0 Å². The fraction of sp³-hybridized carbons (Fsp3) is 0.333. The van der Waals surface area contributed by atoms with Crippen LogP contribution in [0.15, 0.2) is 11.3 Å². The van der Waals surface area contributed by atoms with Gasteiger partial charge in [-0.2, -0.15) is 0 Å². The molecule has 0 radical (unpaired) electrons. The fourth-order valence-corrected chi connectivity index (χ4v) is 1.20. The van der Waals surface area contributed by atoms with Gasteiger partial charge in [0.15, 0.2) is 17.0 Å². The number of nitrogens with one attached hydrogen (secondary N) is 1. The van der Waals surface area contributed by atoms with Crippen LogP contribution in [0.2, 0.25) is 0 Å². The van der Waals surface area contributed by atoms with E-state index < -0.39 is 0 Å². The molecule has 0 aliphatic heterocycles. The molecule has 2 heterocycles. The van der Waals surface area contributed by atoms with Crippen molar-refractivity contribution < 1.29 is 0 Å². The number of aryl methyl sites for hydroxylation is 1. The first-order valence-corrected chi connectivity index (χ1v) is 4.55. The second kappa shape index (κ2) is 3.64. The number of aromatic nitrogens is 4. The quantitative estimate of drug-likeness (QED) is 0.582. The average Bonchev–Trinajstić information content (AvgIpc) is 2.55. The molecule has 0 bridgehead atoms. The first-order chi connectivity index (χ1) is 7.16. The summed E-state index contributed by atoms with van der Waals surface area (Å²) in [4.78, 5) is 21.5. The molecule has 6 heteroatoms. The van der Waals surface area contributed by atoms with Gasteiger partial charge in [-0.3, -0.25) is 0 Å². The molecule has 15 heavy (non-hydrogen) atoms. The van der Waals surface area contributed by atoms with Crippen molar-refractivity contribution in [1.82, 2.24) is 24.8 Å². The van der Waals surface area contributed by atoms with Gasteiger partial charge in [-0.1, -0.05) is 0 Å². The molecule has 78 valence electrons. The molecule has 0 amide bonds. The van der Waals surface area contributed by atoms with Crippen LogP contribution in [0.4, 0.5) is 5.82 Å². The molecular weight excluding hydrogens is 192 g/mol. The van der Waals surface area contributed by atoms with E-state index in [4.69, 9.17) is 0 Å². The topological polar surface area (TPSA) is 70.1 Å². The lowest BCUT2D eigenvalue weighted by Gasteiger charge is -2.01. The largest absolute Gasteiger partial charge is 0.369 e. The lowest BCUT2D eigenvalue weighted by atomic mass is 10.5. The number of hydrogen-bond acceptors (Lipinski definition) is 4. The fourth-order valence-electron chi connectivity index (χ4n) is 1.20. The summed E-state index contributed by atoms with van der Waals surface area (Å²) in [7, 11) is 3.80. The van der Waals surface area contributed by atoms with Crippen molar-refractivity contribution in [3.8, 4) is 0 Å². The molecule has 0 spiro atoms. The van der Waals surface area contributed by atoms with E-state index in [0.717, 1.165) is 5.82 Å². The Morgan fingerprint density at radius 1 is 1.40 bits per heavy atom. The third kappa shape index (κ3) is 1.93. The zero-order valence-electron chi connectivity index (χ0n) is 8.89. The number of rotatable bonds is 2. The molecule has 2 aromatic heterocycles. The number of aromatic amines is 1. The van der Waals surface area contributed by atoms with Gasteiger partial charge in [0, 0.05) is 14.1 Å². The van der Waals surface area contributed by atoms with Crippen molar-refractivity contribution in [2.75, 3.05) is 14.1 Å². The summed E-state index contributed by atoms with van der Waals surface area (Å²) in [6.07, 6.45) is 3.16. The molecule has 0 atom stereocenters. The Balaban J connectivity index is 2.50. The highest BCUT2D eigenvalue weighted by molar-refractivity contribution is 5.82. The molecular formula is C9H12N6. The first kappa shape index (κ1) is 9.57. The zero-order chi connectivity index (χ0) is 10.8. The van der Waals surface area contributed by atoms with Crippen molar-refractivity contribution >= 4 is 23.3 Å². The van der Waals surface area contributed by atoms with E-state index in [1.807, 2.05) is 25.9 Å². The van der Waals surface area contributed by atoms with Gasteiger partial charge >= 0.3 is 0 Å². The zero-order valence-corrected chi connectivity index (χ0v) is 8.89. The second-order valence-electron chi connectivity index (χ2n) is 3.42. The van der Waals surface area contributed by atoms with E-state index in [-0.39, 0.29) is 0 Å². The highest BCUT2D eigenvalue weighted by Gasteiger charge is 2.05. The lowest BCUT2D eigenvalue weighted by Crippen LogP contribution is -2.07. The maximum Gasteiger partial charge on any atom is 0.184 e. The van der Waals surface area contributed by atoms with Gasteiger partial charge < -0.3 is 9.88 Å². The van der Waals surface area contributed by atoms with Crippen molar-refractivity contribution in [2.45, 2.75) is 6.92 Å². The van der Waals surface area contributed by atoms with Gasteiger partial charge in [0.2, 0.25) is 0 Å². The molecule has 0 saturated carbocycles. The Kier molecular flexibility index (Phi) is 2.32. The minimum absolute atomic E-state index is 0.582. The molecule has 6 nitrogen and oxygen atoms in total. The van der Waals surface area contributed by atoms with Crippen LogP contribution >= 0.6 is 0 Å². The Bertz CT molecular complexity index is 498. The van der Waals surface area contributed by atoms with E-state index in [0.29, 0.717) is 17.0 Å². The Labute approximate surface area is 87.1 Å². The minimum atomic E-state index is 0.582. The Morgan fingerprint density at radius 3 is 2.93 bits per heavy atom. The van der Waals surface area contributed by atoms with E-state index in [1.54, 1.807) is 6.34 Å². The Morgan fingerprint density at radius 2 is 2.20 bits per heavy atom. The van der Waals surface area contributed by atoms with E-state index in [1.165, 1.54) is 6.33 Å². The van der Waals surface area contributed by atoms with E-state index in [2.05, 4.69) is 24.9 Å². The van der Waals surface area contributed by atoms with Gasteiger partial charge in [-0.15, -0.1) is 0 Å². The molecule has 0 aromatic carbocycles. The SMILES string of the molecule is Cc1nc2c(N=CN(C)C)ncnc2[nH]1. The minimum Gasteiger partial charge on any atom is -0.369 e. The van der Waals surface area contributed by atoms with Crippen LogP contribution in [0, 0.1) is 6.92 Å². The summed E-state index contributed by atoms with van der Waals surface area (Å²) < 4.78 is 0. The van der Waals surface area contributed by atoms with Crippen molar-refractivity contribution in [2.24, 2.45) is 4.99 Å². The highest BCUT2D eigenvalue weighted by Crippen LogP contribution is 2.18. The van der Waals surface area contributed by atoms with Crippen molar-refractivity contribution in [1.29, 1.82) is 0 Å². The predicted molar refractivity (Wildman–Crippen MR) is 58.3 cm³/mol. The molecule has 0 saturated heterocycles. The van der Waals surface area contributed by atoms with Gasteiger partial charge in [-0.05, 0) is 6.92 Å². The predicted octanol–water partition coefficient (Wildman–Crippen LogP) is 0.883. The summed E-state index contributed by atoms with van der Waals surface area (Å²) in [5.74, 6) is 1.39. The molecule has 0 unspecified atom stereocenters. The number of nitrogens with zero attached hydrogens (tertiary/aromatic N) is 5. The Hall–Kier alpha value is -1.98. The molecule has 0 aliphatic rings. The monoisotopic (exact) mass is 204 g/mol. The summed E-state index contributed by atoms with van der Waals surface area (Å²) in [5, 5.41) is 0. The van der Waals surface area contributed by atoms with Crippen LogP contribution in [0.1, 0.15) is 5.82 Å². The van der Waals surface area contributed by atoms with Gasteiger partial charge in [0.05, 0.1) is 6.34 Å². The number of aliphatic imine (C=N–C) groups is 1. The van der Waals surface area contributed by atoms with Crippen molar-refractivity contribution in [3.05, 3.63) is 12.2 Å². The second-order valence-corrected chi connectivity index (χ2v) is 3.42. The summed E-state index contributed by atoms with van der Waals surface area (Å²) in [5.41, 5.74) is 1.42. The summed E-state index contributed by atoms with van der Waals surface area (Å²) in [6.45, 7) is 1.88. The third-order valence-electron chi connectivity index (χ3n) is 1.79. The number of fused-ring (bicyclic) bond motifs is 1. The summed E-state index contributed by atoms with van der Waals surface area (Å²) in [6, 6.07) is 0. The number of hydrogen-bond donors (Lipinski definition) is 1. The normalized spacial score (nSPS) is 11.4. The highest BCUT2D eigenvalue weighted by atomic mass is 15.1. The van der Waals surface area contributed by atoms with E-state index >= 15 is 0 Å². The molecule has 2 aromatic rings. The molecule has 0 fully saturated rings. The molecule has 2 rings (SSSR count). The maximum absolute atomic E-state index is 4.28. The molecule has 0 aliphatic carbocycles. The van der Waals surface area contributed by atoms with Gasteiger partial charge in [0.1, 0.15) is 12.2 Å². The maximum atomic E-state index is 4.28. The van der Waals surface area contributed by atoms with E-state index in [9.17, 15) is 0 Å². The van der Waals surface area contributed by atoms with Crippen LogP contribution in [-0.4, -0.2) is 45.3 Å². The number of H-pyrrole nitrogens is 1. The third-order valence-corrected chi connectivity index (χ3v) is 1.79. The smallest absolute Gasteiger partial charge is 0.184 e. The van der Waals surface area contributed by atoms with Gasteiger partial charge in [-0.25, -0.2) is 19.9 Å². The number of imidazole rings is 1. The van der Waals surface area contributed by atoms with Crippen LogP contribution < -0.4 is 0 Å². The lowest BCUT2D eigenvalue weighted by molar-refractivity contribution is 0.643. The van der Waals surface area contributed by atoms with Gasteiger partial charge in [0.25, 0.3) is 0 Å². The first-order valence-electron chi connectivity index (χ1n) is 4.55. The van der Waals surface area contributed by atoms with Crippen LogP contribution in [-0.2, 0) is 0 Å². The van der Waals surface area contributed by atoms with Crippen LogP contribution in [0.3, 0.4) is 0 Å². The van der Waals surface area contributed by atoms with Crippen LogP contribution in [0.25, 0.3) is 11.2 Å². The van der Waals surface area contributed by atoms with Crippen molar-refractivity contribution in [3.63, 3.8) is 0 Å². The summed E-state index contributed by atoms with van der Waals surface area (Å²) >= 11 is 0. The molecule has 1 N–H and O–H groups in total. The average molecular weight is 204 g/mol. The standard InChI is InChI=1S/C9H12N6/c1-6-13-7-8(12-5-15(2)3)10-4-11-9(7)14-6/h4-5H,1-3H3,(H,10,11,13,14).